The Hall–Kier alpha value is -4.14. The Morgan fingerprint density at radius 3 is 2.87 bits per heavy atom. The summed E-state index contributed by atoms with van der Waals surface area (Å²) in [5, 5.41) is 10.8. The van der Waals surface area contributed by atoms with Crippen LogP contribution in [0.5, 0.6) is 11.5 Å². The third-order valence-electron chi connectivity index (χ3n) is 4.81. The molecule has 0 unspecified atom stereocenters. The zero-order chi connectivity index (χ0) is 20.5. The molecule has 2 aromatic carbocycles. The number of carbonyl (C=O) groups excluding carboxylic acids is 1. The third-order valence-corrected chi connectivity index (χ3v) is 4.81. The van der Waals surface area contributed by atoms with Gasteiger partial charge in [0.2, 0.25) is 5.91 Å². The van der Waals surface area contributed by atoms with E-state index in [2.05, 4.69) is 25.5 Å². The molecule has 1 aliphatic rings. The van der Waals surface area contributed by atoms with Crippen molar-refractivity contribution in [2.75, 3.05) is 24.3 Å². The Morgan fingerprint density at radius 2 is 2.00 bits per heavy atom. The minimum atomic E-state index is -0.188. The van der Waals surface area contributed by atoms with Crippen LogP contribution in [0.4, 0.5) is 11.5 Å². The first kappa shape index (κ1) is 17.9. The normalized spacial score (nSPS) is 12.7. The fourth-order valence-corrected chi connectivity index (χ4v) is 3.40. The van der Waals surface area contributed by atoms with Crippen LogP contribution in [0.2, 0.25) is 0 Å². The average Bonchev–Trinajstić information content (AvgIpc) is 3.16. The quantitative estimate of drug-likeness (QED) is 0.478. The van der Waals surface area contributed by atoms with E-state index in [4.69, 9.17) is 15.2 Å². The number of H-pyrrole nitrogens is 1. The number of ether oxygens (including phenoxy) is 2. The van der Waals surface area contributed by atoms with Crippen molar-refractivity contribution in [3.63, 3.8) is 0 Å². The van der Waals surface area contributed by atoms with Crippen LogP contribution >= 0.6 is 0 Å². The number of aromatic amines is 1. The molecule has 0 atom stereocenters. The lowest BCUT2D eigenvalue weighted by Gasteiger charge is -2.18. The number of hydrogen-bond donors (Lipinski definition) is 3. The van der Waals surface area contributed by atoms with Crippen molar-refractivity contribution in [3.8, 4) is 22.8 Å². The van der Waals surface area contributed by atoms with E-state index in [-0.39, 0.29) is 12.3 Å². The standard InChI is InChI=1S/C21H18N6O3/c22-15-10-23-11-24-20(15)13-2-3-16-14(9-13)21(27-26-16)25-19(28)8-12-1-4-17-18(7-12)30-6-5-29-17/h1-4,7,9-11H,5-6,8,22H2,(H2,25,26,27,28). The summed E-state index contributed by atoms with van der Waals surface area (Å²) in [6.45, 7) is 1.03. The van der Waals surface area contributed by atoms with Gasteiger partial charge in [0.25, 0.3) is 0 Å². The second-order valence-electron chi connectivity index (χ2n) is 6.86. The molecule has 4 aromatic rings. The van der Waals surface area contributed by atoms with E-state index < -0.39 is 0 Å². The van der Waals surface area contributed by atoms with Gasteiger partial charge in [0.05, 0.1) is 29.5 Å². The maximum absolute atomic E-state index is 12.6. The monoisotopic (exact) mass is 402 g/mol. The van der Waals surface area contributed by atoms with Gasteiger partial charge >= 0.3 is 0 Å². The molecule has 0 saturated heterocycles. The van der Waals surface area contributed by atoms with Gasteiger partial charge in [0, 0.05) is 10.9 Å². The molecule has 0 radical (unpaired) electrons. The number of rotatable bonds is 4. The number of anilines is 2. The topological polar surface area (TPSA) is 128 Å². The largest absolute Gasteiger partial charge is 0.486 e. The van der Waals surface area contributed by atoms with Gasteiger partial charge in [0.15, 0.2) is 17.3 Å². The molecule has 1 aliphatic heterocycles. The van der Waals surface area contributed by atoms with Gasteiger partial charge in [-0.25, -0.2) is 9.97 Å². The molecule has 0 spiro atoms. The van der Waals surface area contributed by atoms with Crippen molar-refractivity contribution in [1.82, 2.24) is 20.2 Å². The summed E-state index contributed by atoms with van der Waals surface area (Å²) in [4.78, 5) is 20.8. The number of carbonyl (C=O) groups is 1. The van der Waals surface area contributed by atoms with E-state index >= 15 is 0 Å². The molecule has 4 N–H and O–H groups in total. The first-order valence-electron chi connectivity index (χ1n) is 9.40. The second-order valence-corrected chi connectivity index (χ2v) is 6.86. The predicted molar refractivity (Wildman–Crippen MR) is 111 cm³/mol. The summed E-state index contributed by atoms with van der Waals surface area (Å²) in [5.74, 6) is 1.61. The van der Waals surface area contributed by atoms with Crippen LogP contribution in [0.15, 0.2) is 48.9 Å². The van der Waals surface area contributed by atoms with Crippen LogP contribution < -0.4 is 20.5 Å². The fraction of sp³-hybridized carbons (Fsp3) is 0.143. The van der Waals surface area contributed by atoms with Crippen molar-refractivity contribution < 1.29 is 14.3 Å². The lowest BCUT2D eigenvalue weighted by atomic mass is 10.1. The minimum absolute atomic E-state index is 0.184. The highest BCUT2D eigenvalue weighted by Crippen LogP contribution is 2.31. The maximum Gasteiger partial charge on any atom is 0.230 e. The summed E-state index contributed by atoms with van der Waals surface area (Å²) in [7, 11) is 0. The van der Waals surface area contributed by atoms with Crippen LogP contribution in [0.25, 0.3) is 22.2 Å². The molecular formula is C21H18N6O3. The lowest BCUT2D eigenvalue weighted by Crippen LogP contribution is -2.17. The first-order chi connectivity index (χ1) is 14.7. The molecule has 2 aromatic heterocycles. The number of nitrogens with zero attached hydrogens (tertiary/aromatic N) is 3. The molecule has 0 bridgehead atoms. The van der Waals surface area contributed by atoms with Crippen LogP contribution in [0.3, 0.4) is 0 Å². The molecule has 1 amide bonds. The van der Waals surface area contributed by atoms with Gasteiger partial charge < -0.3 is 20.5 Å². The van der Waals surface area contributed by atoms with E-state index in [1.807, 2.05) is 36.4 Å². The highest BCUT2D eigenvalue weighted by Gasteiger charge is 2.15. The lowest BCUT2D eigenvalue weighted by molar-refractivity contribution is -0.115. The highest BCUT2D eigenvalue weighted by atomic mass is 16.6. The van der Waals surface area contributed by atoms with E-state index in [0.29, 0.717) is 41.9 Å². The van der Waals surface area contributed by atoms with Gasteiger partial charge in [-0.15, -0.1) is 0 Å². The summed E-state index contributed by atoms with van der Waals surface area (Å²) in [5.41, 5.74) is 9.52. The van der Waals surface area contributed by atoms with Crippen LogP contribution in [-0.4, -0.2) is 39.3 Å². The summed E-state index contributed by atoms with van der Waals surface area (Å²) < 4.78 is 11.1. The van der Waals surface area contributed by atoms with E-state index in [1.165, 1.54) is 6.33 Å². The zero-order valence-electron chi connectivity index (χ0n) is 15.9. The molecular weight excluding hydrogens is 384 g/mol. The van der Waals surface area contributed by atoms with Crippen molar-refractivity contribution in [2.45, 2.75) is 6.42 Å². The Morgan fingerprint density at radius 1 is 1.13 bits per heavy atom. The third kappa shape index (κ3) is 3.37. The SMILES string of the molecule is Nc1cncnc1-c1ccc2[nH]nc(NC(=O)Cc3ccc4c(c3)OCCO4)c2c1. The Balaban J connectivity index is 1.38. The number of amides is 1. The number of nitrogens with one attached hydrogen (secondary N) is 2. The van der Waals surface area contributed by atoms with Crippen molar-refractivity contribution in [1.29, 1.82) is 0 Å². The molecule has 0 saturated carbocycles. The number of benzene rings is 2. The van der Waals surface area contributed by atoms with Crippen molar-refractivity contribution >= 4 is 28.3 Å². The molecule has 9 nitrogen and oxygen atoms in total. The Kier molecular flexibility index (Phi) is 4.40. The smallest absolute Gasteiger partial charge is 0.230 e. The minimum Gasteiger partial charge on any atom is -0.486 e. The molecule has 30 heavy (non-hydrogen) atoms. The predicted octanol–water partition coefficient (Wildman–Crippen LogP) is 2.55. The van der Waals surface area contributed by atoms with Gasteiger partial charge in [0.1, 0.15) is 19.5 Å². The number of nitrogens with two attached hydrogens (primary N) is 1. The van der Waals surface area contributed by atoms with E-state index in [0.717, 1.165) is 22.0 Å². The number of nitrogen functional groups attached to an aromatic ring is 1. The van der Waals surface area contributed by atoms with Crippen molar-refractivity contribution in [2.24, 2.45) is 0 Å². The number of hydrogen-bond acceptors (Lipinski definition) is 7. The van der Waals surface area contributed by atoms with Crippen LogP contribution in [0.1, 0.15) is 5.56 Å². The molecule has 3 heterocycles. The highest BCUT2D eigenvalue weighted by molar-refractivity contribution is 6.01. The molecule has 0 fully saturated rings. The average molecular weight is 402 g/mol. The Labute approximate surface area is 171 Å². The number of fused-ring (bicyclic) bond motifs is 2. The van der Waals surface area contributed by atoms with E-state index in [9.17, 15) is 4.79 Å². The number of aromatic nitrogens is 4. The van der Waals surface area contributed by atoms with Gasteiger partial charge in [-0.05, 0) is 29.8 Å². The molecule has 150 valence electrons. The molecule has 9 heteroatoms. The summed E-state index contributed by atoms with van der Waals surface area (Å²) >= 11 is 0. The summed E-state index contributed by atoms with van der Waals surface area (Å²) in [6.07, 6.45) is 3.18. The van der Waals surface area contributed by atoms with Gasteiger partial charge in [-0.2, -0.15) is 5.10 Å². The molecule has 5 rings (SSSR count). The van der Waals surface area contributed by atoms with Gasteiger partial charge in [-0.3, -0.25) is 9.89 Å². The zero-order valence-corrected chi connectivity index (χ0v) is 15.9. The second kappa shape index (κ2) is 7.36. The van der Waals surface area contributed by atoms with E-state index in [1.54, 1.807) is 6.20 Å². The Bertz CT molecular complexity index is 1250. The first-order valence-corrected chi connectivity index (χ1v) is 9.40. The fourth-order valence-electron chi connectivity index (χ4n) is 3.40. The maximum atomic E-state index is 12.6. The van der Waals surface area contributed by atoms with Crippen molar-refractivity contribution in [3.05, 3.63) is 54.5 Å². The van der Waals surface area contributed by atoms with Crippen LogP contribution in [-0.2, 0) is 11.2 Å². The van der Waals surface area contributed by atoms with Gasteiger partial charge in [-0.1, -0.05) is 12.1 Å². The molecule has 0 aliphatic carbocycles. The summed E-state index contributed by atoms with van der Waals surface area (Å²) in [6, 6.07) is 11.1. The van der Waals surface area contributed by atoms with Crippen LogP contribution in [0, 0.1) is 0 Å².